The van der Waals surface area contributed by atoms with Crippen molar-refractivity contribution in [1.82, 2.24) is 61.1 Å². The Labute approximate surface area is 530 Å². The second-order valence-corrected chi connectivity index (χ2v) is 24.2. The van der Waals surface area contributed by atoms with E-state index in [9.17, 15) is 56.8 Å². The minimum Gasteiger partial charge on any atom is -0.444 e. The van der Waals surface area contributed by atoms with Gasteiger partial charge in [0.25, 0.3) is 0 Å². The quantitative estimate of drug-likeness (QED) is 0.0798. The zero-order valence-electron chi connectivity index (χ0n) is 47.5. The van der Waals surface area contributed by atoms with Crippen LogP contribution in [0.3, 0.4) is 0 Å². The SMILES string of the molecule is CC(=O)[C@@H]1[C@H](CNC(=O)OC(C)(C)C)C[C@@H]2CN1C(=O)N2OCc1ccccc1.O=C1NC[C@@H]2C[C@@H]3CN(C(=O)N3O)[C@H]12.O=C1NC[C@@H]2C[C@@H]3CN(C(=O)N3OCc3ccccc3)[C@H]12.O=C1NC[C@@H]2C[C@@H]3CN(C(=O)N3OS(=O)(=O)O)[C@H]12.[CH3-].[Pd].[Y]. The van der Waals surface area contributed by atoms with Gasteiger partial charge in [-0.1, -0.05) is 60.7 Å². The van der Waals surface area contributed by atoms with E-state index in [-0.39, 0.29) is 170 Å². The summed E-state index contributed by atoms with van der Waals surface area (Å²) < 4.78 is 39.5. The standard InChI is InChI=1S/C21H29N3O5.C15H17N3O3.C8H11N3O6S.C8H11N3O3.CH3.Pd.Y/c1-14(25)18-16(11-22-19(26)29-21(2,3)4)10-17-12-23(18)20(27)24(17)28-13-15-8-6-5-7-9-15;19-14-13-11(7-16-14)6-12-8-17(13)15(20)18(12)21-9-10-4-2-1-3-5-10;12-7-6-4(2-9-7)1-5-3-10(6)8(13)11(5)17-18(14,15)16;12-7-6-4(2-9-7)1-5-3-10(6)8(13)11(5)14;;;/h5-9,16-18H,10-13H2,1-4H3,(H,22,26);1-5,11-13H,6-9H2,(H,16,19);4-6H,1-3H2,(H,9,12)(H,14,15,16);4-6,14H,1-3H2,(H,9,12);1H3;;/q;;;;-1;;/t16-,17+,18+;11-,12+,13-;2*4-,5+,6-;;;/m0000.../s1. The number of Topliss-reactive ketones (excluding diaryl/α,β-unsaturated/α-hetero) is 1. The van der Waals surface area contributed by atoms with Crippen molar-refractivity contribution in [1.29, 1.82) is 0 Å². The van der Waals surface area contributed by atoms with Crippen molar-refractivity contribution in [3.8, 4) is 0 Å². The van der Waals surface area contributed by atoms with Crippen LogP contribution in [-0.2, 0) is 115 Å². The van der Waals surface area contributed by atoms with Crippen LogP contribution >= 0.6 is 0 Å². The molecule has 0 aliphatic carbocycles. The second-order valence-electron chi connectivity index (χ2n) is 23.2. The first-order valence-corrected chi connectivity index (χ1v) is 28.7. The molecule has 32 heteroatoms. The van der Waals surface area contributed by atoms with E-state index in [0.29, 0.717) is 70.2 Å². The number of piperidine rings is 4. The number of hydrogen-bond donors (Lipinski definition) is 6. The molecule has 11 aliphatic rings. The Hall–Kier alpha value is -5.61. The fraction of sp³-hybridized carbons (Fsp3) is 0.585. The number of ether oxygens (including phenoxy) is 1. The maximum atomic E-state index is 12.9. The molecule has 11 saturated heterocycles. The molecular weight excluding hydrogens is 1300 g/mol. The molecule has 85 heavy (non-hydrogen) atoms. The van der Waals surface area contributed by atoms with E-state index in [1.165, 1.54) is 26.8 Å². The molecule has 13 rings (SSSR count). The number of alkyl carbamates (subject to hydrolysis) is 1. The summed E-state index contributed by atoms with van der Waals surface area (Å²) in [7, 11) is -4.74. The Morgan fingerprint density at radius 1 is 0.612 bits per heavy atom. The average molecular weight is 1380 g/mol. The molecule has 11 aliphatic heterocycles. The molecule has 29 nitrogen and oxygen atoms in total. The number of carbonyl (C=O) groups excluding carboxylic acids is 9. The van der Waals surface area contributed by atoms with E-state index in [4.69, 9.17) is 19.0 Å². The smallest absolute Gasteiger partial charge is 0.418 e. The Bertz CT molecular complexity index is 2960. The van der Waals surface area contributed by atoms with Crippen molar-refractivity contribution in [2.75, 3.05) is 52.4 Å². The molecule has 6 N–H and O–H groups in total. The Kier molecular flexibility index (Phi) is 21.4. The second kappa shape index (κ2) is 27.2. The molecule has 11 fully saturated rings. The van der Waals surface area contributed by atoms with Crippen LogP contribution in [-0.4, -0.2) is 218 Å². The first-order valence-electron chi connectivity index (χ1n) is 27.3. The van der Waals surface area contributed by atoms with Gasteiger partial charge < -0.3 is 53.0 Å². The number of rotatable bonds is 11. The molecule has 11 heterocycles. The summed E-state index contributed by atoms with van der Waals surface area (Å²) >= 11 is 0. The molecule has 12 atom stereocenters. The molecule has 0 spiro atoms. The third kappa shape index (κ3) is 14.4. The van der Waals surface area contributed by atoms with Crippen LogP contribution in [0.1, 0.15) is 64.5 Å². The number of hydroxylamine groups is 8. The zero-order chi connectivity index (χ0) is 58.5. The van der Waals surface area contributed by atoms with Gasteiger partial charge >= 0.3 is 40.6 Å². The van der Waals surface area contributed by atoms with Gasteiger partial charge in [-0.25, -0.2) is 29.0 Å². The van der Waals surface area contributed by atoms with Crippen LogP contribution in [0.15, 0.2) is 60.7 Å². The molecule has 0 unspecified atom stereocenters. The van der Waals surface area contributed by atoms with Gasteiger partial charge in [0.05, 0.1) is 30.2 Å². The van der Waals surface area contributed by atoms with Gasteiger partial charge in [-0.15, -0.1) is 4.28 Å². The third-order valence-electron chi connectivity index (χ3n) is 16.5. The molecule has 0 saturated carbocycles. The summed E-state index contributed by atoms with van der Waals surface area (Å²) in [6.07, 6.45) is 2.03. The minimum absolute atomic E-state index is 0. The number of urea groups is 4. The fourth-order valence-corrected chi connectivity index (χ4v) is 13.5. The van der Waals surface area contributed by atoms with Gasteiger partial charge in [0, 0.05) is 129 Å². The van der Waals surface area contributed by atoms with E-state index >= 15 is 0 Å². The maximum absolute atomic E-state index is 12.9. The minimum atomic E-state index is -4.74. The molecular formula is C53H71N12O17PdSY-. The van der Waals surface area contributed by atoms with Gasteiger partial charge in [-0.05, 0) is 64.5 Å². The van der Waals surface area contributed by atoms with Gasteiger partial charge in [0.2, 0.25) is 17.7 Å². The summed E-state index contributed by atoms with van der Waals surface area (Å²) in [6, 6.07) is 15.3. The Morgan fingerprint density at radius 2 is 1.00 bits per heavy atom. The summed E-state index contributed by atoms with van der Waals surface area (Å²) in [4.78, 5) is 125. The molecule has 1 radical (unpaired) electrons. The summed E-state index contributed by atoms with van der Waals surface area (Å²) in [6.45, 7) is 11.2. The Morgan fingerprint density at radius 3 is 1.45 bits per heavy atom. The van der Waals surface area contributed by atoms with Crippen molar-refractivity contribution in [3.63, 3.8) is 0 Å². The largest absolute Gasteiger partial charge is 0.444 e. The van der Waals surface area contributed by atoms with Crippen LogP contribution in [0.4, 0.5) is 24.0 Å². The van der Waals surface area contributed by atoms with Crippen LogP contribution in [0.5, 0.6) is 0 Å². The van der Waals surface area contributed by atoms with Crippen molar-refractivity contribution >= 4 is 64.1 Å². The van der Waals surface area contributed by atoms with Gasteiger partial charge in [0.1, 0.15) is 36.9 Å². The molecule has 465 valence electrons. The number of carbonyl (C=O) groups is 9. The first kappa shape index (κ1) is 66.9. The predicted octanol–water partition coefficient (Wildman–Crippen LogP) is 1.26. The summed E-state index contributed by atoms with van der Waals surface area (Å²) in [5, 5.41) is 24.7. The van der Waals surface area contributed by atoms with Gasteiger partial charge in [-0.3, -0.25) is 38.6 Å². The third-order valence-corrected chi connectivity index (χ3v) is 16.8. The summed E-state index contributed by atoms with van der Waals surface area (Å²) in [5.74, 6) is -0.317. The van der Waals surface area contributed by atoms with E-state index in [2.05, 4.69) is 25.6 Å². The average Bonchev–Trinajstić information content (AvgIpc) is 2.58. The summed E-state index contributed by atoms with van der Waals surface area (Å²) in [5.41, 5.74) is 1.39. The molecule has 0 aromatic heterocycles. The molecule has 2 aromatic carbocycles. The van der Waals surface area contributed by atoms with Gasteiger partial charge in [-0.2, -0.15) is 23.6 Å². The number of nitrogens with one attached hydrogen (secondary N) is 4. The van der Waals surface area contributed by atoms with Crippen molar-refractivity contribution in [3.05, 3.63) is 79.2 Å². The van der Waals surface area contributed by atoms with E-state index in [0.717, 1.165) is 22.6 Å². The van der Waals surface area contributed by atoms with Crippen LogP contribution in [0, 0.1) is 31.1 Å². The molecule has 2 aromatic rings. The number of amides is 12. The van der Waals surface area contributed by atoms with E-state index in [1.807, 2.05) is 60.7 Å². The molecule has 8 bridgehead atoms. The predicted molar refractivity (Wildman–Crippen MR) is 286 cm³/mol. The number of benzene rings is 2. The van der Waals surface area contributed by atoms with Crippen molar-refractivity contribution in [2.45, 2.75) is 121 Å². The first-order chi connectivity index (χ1) is 38.9. The van der Waals surface area contributed by atoms with Crippen molar-refractivity contribution in [2.24, 2.45) is 23.7 Å². The number of hydrogen-bond acceptors (Lipinski definition) is 16. The number of fused-ring (bicyclic) bond motifs is 14. The van der Waals surface area contributed by atoms with E-state index < -0.39 is 52.3 Å². The van der Waals surface area contributed by atoms with E-state index in [1.54, 1.807) is 30.6 Å². The normalized spacial score (nSPS) is 29.7. The topological polar surface area (TPSA) is 339 Å². The zero-order valence-corrected chi connectivity index (χ0v) is 52.7. The number of nitrogens with zero attached hydrogens (tertiary/aromatic N) is 8. The van der Waals surface area contributed by atoms with Crippen molar-refractivity contribution < 1.29 is 133 Å². The monoisotopic (exact) mass is 1370 g/mol. The van der Waals surface area contributed by atoms with Crippen LogP contribution in [0.25, 0.3) is 0 Å². The Balaban J connectivity index is 0.000000165. The van der Waals surface area contributed by atoms with Crippen LogP contribution < -0.4 is 21.3 Å². The molecule has 12 amide bonds. The fourth-order valence-electron chi connectivity index (χ4n) is 13.1. The van der Waals surface area contributed by atoms with Gasteiger partial charge in [0.15, 0.2) is 5.78 Å². The number of ketones is 1. The maximum Gasteiger partial charge on any atom is 0.418 e. The van der Waals surface area contributed by atoms with Crippen LogP contribution in [0.2, 0.25) is 0 Å².